The van der Waals surface area contributed by atoms with Crippen molar-refractivity contribution in [2.45, 2.75) is 18.4 Å². The number of rotatable bonds is 5. The average Bonchev–Trinajstić information content (AvgIpc) is 2.37. The molecule has 0 aliphatic heterocycles. The molecule has 3 nitrogen and oxygen atoms in total. The highest BCUT2D eigenvalue weighted by Gasteiger charge is 2.61. The van der Waals surface area contributed by atoms with E-state index in [1.165, 1.54) is 13.0 Å². The van der Waals surface area contributed by atoms with Crippen LogP contribution in [-0.4, -0.2) is 29.5 Å². The summed E-state index contributed by atoms with van der Waals surface area (Å²) in [4.78, 5) is 11.4. The lowest BCUT2D eigenvalue weighted by Gasteiger charge is -2.33. The molecule has 1 rings (SSSR count). The summed E-state index contributed by atoms with van der Waals surface area (Å²) in [6, 6.07) is 3.50. The highest BCUT2D eigenvalue weighted by molar-refractivity contribution is 6.35. The van der Waals surface area contributed by atoms with Crippen LogP contribution in [0.2, 0.25) is 10.0 Å². The van der Waals surface area contributed by atoms with Gasteiger partial charge in [0.05, 0.1) is 12.5 Å². The predicted octanol–water partition coefficient (Wildman–Crippen LogP) is 3.62. The van der Waals surface area contributed by atoms with Crippen molar-refractivity contribution in [3.63, 3.8) is 0 Å². The minimum Gasteiger partial charge on any atom is -0.461 e. The smallest absolute Gasteiger partial charge is 0.380 e. The minimum absolute atomic E-state index is 0.190. The van der Waals surface area contributed by atoms with Gasteiger partial charge in [0.15, 0.2) is 5.60 Å². The molecule has 1 aromatic carbocycles. The lowest BCUT2D eigenvalue weighted by atomic mass is 9.89. The average molecular weight is 348 g/mol. The second-order valence-corrected chi connectivity index (χ2v) is 5.02. The number of alkyl halides is 3. The van der Waals surface area contributed by atoms with Gasteiger partial charge < -0.3 is 9.84 Å². The number of carbonyl (C=O) groups excluding carboxylic acids is 1. The third kappa shape index (κ3) is 3.01. The maximum absolute atomic E-state index is 14.1. The van der Waals surface area contributed by atoms with Crippen LogP contribution in [0.25, 0.3) is 0 Å². The summed E-state index contributed by atoms with van der Waals surface area (Å²) in [6.07, 6.45) is 0. The molecule has 20 heavy (non-hydrogen) atoms. The van der Waals surface area contributed by atoms with Crippen molar-refractivity contribution < 1.29 is 23.4 Å². The van der Waals surface area contributed by atoms with Crippen molar-refractivity contribution in [2.24, 2.45) is 0 Å². The molecule has 1 atom stereocenters. The molecule has 0 aliphatic rings. The van der Waals surface area contributed by atoms with E-state index >= 15 is 0 Å². The topological polar surface area (TPSA) is 46.5 Å². The molecule has 8 heteroatoms. The Morgan fingerprint density at radius 3 is 2.45 bits per heavy atom. The minimum atomic E-state index is -4.26. The molecular formula is C12H11Cl3F2O3. The van der Waals surface area contributed by atoms with E-state index in [1.807, 2.05) is 0 Å². The summed E-state index contributed by atoms with van der Waals surface area (Å²) in [5.41, 5.74) is -3.40. The SMILES string of the molecule is CCOC(=O)C(F)(F)C(O)(CCl)c1ccc(Cl)cc1Cl. The van der Waals surface area contributed by atoms with Crippen molar-refractivity contribution in [1.29, 1.82) is 0 Å². The number of aliphatic hydroxyl groups is 1. The number of ether oxygens (including phenoxy) is 1. The molecule has 0 aromatic heterocycles. The van der Waals surface area contributed by atoms with Crippen molar-refractivity contribution in [3.8, 4) is 0 Å². The number of hydrogen-bond acceptors (Lipinski definition) is 3. The Bertz CT molecular complexity index is 511. The fraction of sp³-hybridized carbons (Fsp3) is 0.417. The van der Waals surface area contributed by atoms with Crippen LogP contribution in [0.15, 0.2) is 18.2 Å². The lowest BCUT2D eigenvalue weighted by molar-refractivity contribution is -0.211. The van der Waals surface area contributed by atoms with Crippen LogP contribution in [0.4, 0.5) is 8.78 Å². The van der Waals surface area contributed by atoms with Gasteiger partial charge in [0.1, 0.15) is 0 Å². The summed E-state index contributed by atoms with van der Waals surface area (Å²) in [6.45, 7) is 1.10. The maximum atomic E-state index is 14.1. The number of esters is 1. The van der Waals surface area contributed by atoms with Crippen molar-refractivity contribution in [1.82, 2.24) is 0 Å². The third-order valence-corrected chi connectivity index (χ3v) is 3.56. The van der Waals surface area contributed by atoms with E-state index in [0.717, 1.165) is 12.1 Å². The molecule has 112 valence electrons. The van der Waals surface area contributed by atoms with Gasteiger partial charge in [-0.3, -0.25) is 0 Å². The quantitative estimate of drug-likeness (QED) is 0.654. The van der Waals surface area contributed by atoms with Gasteiger partial charge in [0, 0.05) is 15.6 Å². The van der Waals surface area contributed by atoms with E-state index in [4.69, 9.17) is 34.8 Å². The van der Waals surface area contributed by atoms with E-state index in [2.05, 4.69) is 4.74 Å². The Balaban J connectivity index is 3.36. The molecule has 0 fully saturated rings. The highest BCUT2D eigenvalue weighted by Crippen LogP contribution is 2.43. The fourth-order valence-corrected chi connectivity index (χ4v) is 2.42. The van der Waals surface area contributed by atoms with E-state index in [0.29, 0.717) is 0 Å². The highest BCUT2D eigenvalue weighted by atomic mass is 35.5. The zero-order valence-electron chi connectivity index (χ0n) is 10.3. The number of benzene rings is 1. The van der Waals surface area contributed by atoms with Gasteiger partial charge in [0.2, 0.25) is 0 Å². The molecular weight excluding hydrogens is 336 g/mol. The first-order valence-electron chi connectivity index (χ1n) is 5.49. The molecule has 0 aliphatic carbocycles. The second kappa shape index (κ2) is 6.43. The zero-order valence-corrected chi connectivity index (χ0v) is 12.6. The molecule has 0 bridgehead atoms. The fourth-order valence-electron chi connectivity index (χ4n) is 1.54. The van der Waals surface area contributed by atoms with Gasteiger partial charge in [-0.15, -0.1) is 11.6 Å². The molecule has 0 radical (unpaired) electrons. The summed E-state index contributed by atoms with van der Waals surface area (Å²) in [5.74, 6) is -7.10. The molecule has 0 spiro atoms. The first kappa shape index (κ1) is 17.4. The molecule has 0 heterocycles. The third-order valence-electron chi connectivity index (χ3n) is 2.62. The number of carbonyl (C=O) groups is 1. The zero-order chi connectivity index (χ0) is 15.6. The molecule has 1 N–H and O–H groups in total. The maximum Gasteiger partial charge on any atom is 0.380 e. The first-order chi connectivity index (χ1) is 9.20. The number of hydrogen-bond donors (Lipinski definition) is 1. The molecule has 0 saturated heterocycles. The summed E-state index contributed by atoms with van der Waals surface area (Å²) in [5, 5.41) is 10.1. The monoisotopic (exact) mass is 346 g/mol. The van der Waals surface area contributed by atoms with Crippen LogP contribution in [0.3, 0.4) is 0 Å². The summed E-state index contributed by atoms with van der Waals surface area (Å²) < 4.78 is 32.5. The Kier molecular flexibility index (Phi) is 5.61. The van der Waals surface area contributed by atoms with Gasteiger partial charge in [-0.2, -0.15) is 8.78 Å². The van der Waals surface area contributed by atoms with Crippen LogP contribution in [-0.2, 0) is 15.1 Å². The second-order valence-electron chi connectivity index (χ2n) is 3.91. The molecule has 0 saturated carbocycles. The molecule has 1 aromatic rings. The van der Waals surface area contributed by atoms with E-state index in [-0.39, 0.29) is 16.7 Å². The number of halogens is 5. The van der Waals surface area contributed by atoms with Crippen molar-refractivity contribution >= 4 is 40.8 Å². The van der Waals surface area contributed by atoms with Gasteiger partial charge in [-0.25, -0.2) is 4.79 Å². The Hall–Kier alpha value is -0.620. The van der Waals surface area contributed by atoms with Gasteiger partial charge in [-0.1, -0.05) is 29.3 Å². The van der Waals surface area contributed by atoms with Gasteiger partial charge in [0.25, 0.3) is 0 Å². The lowest BCUT2D eigenvalue weighted by Crippen LogP contribution is -2.53. The van der Waals surface area contributed by atoms with E-state index in [1.54, 1.807) is 0 Å². The first-order valence-corrected chi connectivity index (χ1v) is 6.78. The summed E-state index contributed by atoms with van der Waals surface area (Å²) in [7, 11) is 0. The Labute approximate surface area is 129 Å². The Morgan fingerprint density at radius 1 is 1.40 bits per heavy atom. The summed E-state index contributed by atoms with van der Waals surface area (Å²) >= 11 is 16.9. The van der Waals surface area contributed by atoms with Crippen molar-refractivity contribution in [3.05, 3.63) is 33.8 Å². The predicted molar refractivity (Wildman–Crippen MR) is 72.7 cm³/mol. The van der Waals surface area contributed by atoms with Crippen molar-refractivity contribution in [2.75, 3.05) is 12.5 Å². The van der Waals surface area contributed by atoms with Crippen LogP contribution >= 0.6 is 34.8 Å². The largest absolute Gasteiger partial charge is 0.461 e. The van der Waals surface area contributed by atoms with E-state index in [9.17, 15) is 18.7 Å². The van der Waals surface area contributed by atoms with E-state index < -0.39 is 28.9 Å². The van der Waals surface area contributed by atoms with Gasteiger partial charge >= 0.3 is 11.9 Å². The van der Waals surface area contributed by atoms with Crippen LogP contribution in [0, 0.1) is 0 Å². The molecule has 1 unspecified atom stereocenters. The van der Waals surface area contributed by atoms with Crippen LogP contribution < -0.4 is 0 Å². The normalized spacial score (nSPS) is 14.8. The standard InChI is InChI=1S/C12H11Cl3F2O3/c1-2-20-10(18)12(16,17)11(19,6-13)8-4-3-7(14)5-9(8)15/h3-5,19H,2,6H2,1H3. The van der Waals surface area contributed by atoms with Gasteiger partial charge in [-0.05, 0) is 19.1 Å². The Morgan fingerprint density at radius 2 is 2.00 bits per heavy atom. The van der Waals surface area contributed by atoms with Crippen LogP contribution in [0.1, 0.15) is 12.5 Å². The van der Waals surface area contributed by atoms with Crippen LogP contribution in [0.5, 0.6) is 0 Å². The molecule has 0 amide bonds.